The molecule has 0 bridgehead atoms. The number of amides is 1. The van der Waals surface area contributed by atoms with Crippen molar-refractivity contribution in [1.82, 2.24) is 0 Å². The number of hydrogen-bond donors (Lipinski definition) is 2. The predicted octanol–water partition coefficient (Wildman–Crippen LogP) is 2.07. The molecule has 1 rings (SSSR count). The van der Waals surface area contributed by atoms with E-state index in [2.05, 4.69) is 5.32 Å². The van der Waals surface area contributed by atoms with E-state index in [9.17, 15) is 9.59 Å². The second kappa shape index (κ2) is 4.84. The van der Waals surface area contributed by atoms with Crippen molar-refractivity contribution in [1.29, 1.82) is 0 Å². The molecular formula is C10H11NO3S. The summed E-state index contributed by atoms with van der Waals surface area (Å²) < 4.78 is 0. The summed E-state index contributed by atoms with van der Waals surface area (Å²) in [6.45, 7) is 1.41. The van der Waals surface area contributed by atoms with Crippen LogP contribution in [0.25, 0.3) is 0 Å². The van der Waals surface area contributed by atoms with Crippen LogP contribution >= 0.6 is 11.8 Å². The standard InChI is InChI=1S/C10H11NO3S/c1-6(12)11-7-3-4-8(10(13)14)9(5-7)15-2/h3-5H,1-2H3,(H,11,12)(H,13,14). The topological polar surface area (TPSA) is 66.4 Å². The van der Waals surface area contributed by atoms with E-state index >= 15 is 0 Å². The summed E-state index contributed by atoms with van der Waals surface area (Å²) >= 11 is 1.33. The number of nitrogens with one attached hydrogen (secondary N) is 1. The molecule has 0 saturated heterocycles. The van der Waals surface area contributed by atoms with Gasteiger partial charge in [-0.25, -0.2) is 4.79 Å². The smallest absolute Gasteiger partial charge is 0.336 e. The molecule has 0 aliphatic rings. The van der Waals surface area contributed by atoms with E-state index < -0.39 is 5.97 Å². The van der Waals surface area contributed by atoms with Gasteiger partial charge in [0.2, 0.25) is 5.91 Å². The van der Waals surface area contributed by atoms with Gasteiger partial charge in [-0.15, -0.1) is 11.8 Å². The van der Waals surface area contributed by atoms with Gasteiger partial charge in [-0.05, 0) is 24.5 Å². The van der Waals surface area contributed by atoms with Gasteiger partial charge in [-0.3, -0.25) is 4.79 Å². The lowest BCUT2D eigenvalue weighted by Gasteiger charge is -2.06. The second-order valence-corrected chi connectivity index (χ2v) is 3.75. The Bertz CT molecular complexity index is 404. The first kappa shape index (κ1) is 11.6. The summed E-state index contributed by atoms with van der Waals surface area (Å²) in [7, 11) is 0. The molecule has 4 nitrogen and oxygen atoms in total. The van der Waals surface area contributed by atoms with E-state index in [1.165, 1.54) is 24.8 Å². The molecule has 0 atom stereocenters. The Morgan fingerprint density at radius 2 is 2.07 bits per heavy atom. The first-order valence-corrected chi connectivity index (χ1v) is 5.46. The van der Waals surface area contributed by atoms with Crippen LogP contribution in [0.4, 0.5) is 5.69 Å². The monoisotopic (exact) mass is 225 g/mol. The van der Waals surface area contributed by atoms with Gasteiger partial charge in [0.05, 0.1) is 5.56 Å². The number of carboxylic acid groups (broad SMARTS) is 1. The summed E-state index contributed by atoms with van der Waals surface area (Å²) in [5.74, 6) is -1.14. The zero-order chi connectivity index (χ0) is 11.4. The van der Waals surface area contributed by atoms with Crippen LogP contribution in [-0.4, -0.2) is 23.2 Å². The summed E-state index contributed by atoms with van der Waals surface area (Å²) in [6.07, 6.45) is 1.79. The first-order chi connectivity index (χ1) is 7.04. The van der Waals surface area contributed by atoms with Gasteiger partial charge in [-0.1, -0.05) is 0 Å². The minimum Gasteiger partial charge on any atom is -0.478 e. The molecule has 0 aromatic heterocycles. The third kappa shape index (κ3) is 2.99. The van der Waals surface area contributed by atoms with Crippen LogP contribution in [0.5, 0.6) is 0 Å². The van der Waals surface area contributed by atoms with Crippen molar-refractivity contribution in [2.45, 2.75) is 11.8 Å². The predicted molar refractivity (Wildman–Crippen MR) is 59.5 cm³/mol. The SMILES string of the molecule is CSc1cc(NC(C)=O)ccc1C(=O)O. The number of rotatable bonds is 3. The molecule has 0 saturated carbocycles. The third-order valence-electron chi connectivity index (χ3n) is 1.75. The van der Waals surface area contributed by atoms with Crippen molar-refractivity contribution in [3.05, 3.63) is 23.8 Å². The fourth-order valence-electron chi connectivity index (χ4n) is 1.15. The van der Waals surface area contributed by atoms with Crippen molar-refractivity contribution < 1.29 is 14.7 Å². The molecule has 1 amide bonds. The average Bonchev–Trinajstić information content (AvgIpc) is 2.16. The Hall–Kier alpha value is -1.49. The molecule has 0 heterocycles. The lowest BCUT2D eigenvalue weighted by molar-refractivity contribution is -0.114. The summed E-state index contributed by atoms with van der Waals surface area (Å²) in [5.41, 5.74) is 0.855. The molecule has 1 aromatic rings. The van der Waals surface area contributed by atoms with Crippen LogP contribution in [0.3, 0.4) is 0 Å². The molecule has 80 valence electrons. The highest BCUT2D eigenvalue weighted by molar-refractivity contribution is 7.98. The second-order valence-electron chi connectivity index (χ2n) is 2.90. The molecule has 15 heavy (non-hydrogen) atoms. The van der Waals surface area contributed by atoms with Gasteiger partial charge in [0.25, 0.3) is 0 Å². The van der Waals surface area contributed by atoms with E-state index in [1.807, 2.05) is 0 Å². The van der Waals surface area contributed by atoms with E-state index in [0.29, 0.717) is 10.6 Å². The maximum absolute atomic E-state index is 10.8. The summed E-state index contributed by atoms with van der Waals surface area (Å²) in [5, 5.41) is 11.5. The van der Waals surface area contributed by atoms with Crippen LogP contribution in [0.1, 0.15) is 17.3 Å². The minimum atomic E-state index is -0.964. The molecule has 0 aliphatic carbocycles. The van der Waals surface area contributed by atoms with Crippen molar-refractivity contribution in [3.8, 4) is 0 Å². The van der Waals surface area contributed by atoms with Crippen molar-refractivity contribution >= 4 is 29.3 Å². The fraction of sp³-hybridized carbons (Fsp3) is 0.200. The number of carbonyl (C=O) groups excluding carboxylic acids is 1. The Labute approximate surface area is 91.7 Å². The van der Waals surface area contributed by atoms with Crippen LogP contribution < -0.4 is 5.32 Å². The number of hydrogen-bond acceptors (Lipinski definition) is 3. The highest BCUT2D eigenvalue weighted by atomic mass is 32.2. The van der Waals surface area contributed by atoms with E-state index in [4.69, 9.17) is 5.11 Å². The van der Waals surface area contributed by atoms with Crippen LogP contribution in [0.2, 0.25) is 0 Å². The number of carboxylic acids is 1. The van der Waals surface area contributed by atoms with Crippen LogP contribution in [0, 0.1) is 0 Å². The molecule has 0 radical (unpaired) electrons. The largest absolute Gasteiger partial charge is 0.478 e. The quantitative estimate of drug-likeness (QED) is 0.773. The lowest BCUT2D eigenvalue weighted by atomic mass is 10.2. The van der Waals surface area contributed by atoms with E-state index in [1.54, 1.807) is 18.4 Å². The van der Waals surface area contributed by atoms with Crippen LogP contribution in [0.15, 0.2) is 23.1 Å². The number of benzene rings is 1. The normalized spacial score (nSPS) is 9.73. The highest BCUT2D eigenvalue weighted by Crippen LogP contribution is 2.24. The number of aromatic carboxylic acids is 1. The van der Waals surface area contributed by atoms with Crippen molar-refractivity contribution in [3.63, 3.8) is 0 Å². The maximum Gasteiger partial charge on any atom is 0.336 e. The van der Waals surface area contributed by atoms with Crippen LogP contribution in [-0.2, 0) is 4.79 Å². The molecule has 0 unspecified atom stereocenters. The summed E-state index contributed by atoms with van der Waals surface area (Å²) in [6, 6.07) is 4.71. The number of thioether (sulfide) groups is 1. The highest BCUT2D eigenvalue weighted by Gasteiger charge is 2.09. The van der Waals surface area contributed by atoms with Crippen molar-refractivity contribution in [2.24, 2.45) is 0 Å². The van der Waals surface area contributed by atoms with Gasteiger partial charge >= 0.3 is 5.97 Å². The van der Waals surface area contributed by atoms with Gasteiger partial charge in [0, 0.05) is 17.5 Å². The number of carbonyl (C=O) groups is 2. The molecule has 2 N–H and O–H groups in total. The van der Waals surface area contributed by atoms with Gasteiger partial charge in [0.15, 0.2) is 0 Å². The van der Waals surface area contributed by atoms with Gasteiger partial charge < -0.3 is 10.4 Å². The molecule has 0 fully saturated rings. The van der Waals surface area contributed by atoms with E-state index in [0.717, 1.165) is 0 Å². The fourth-order valence-corrected chi connectivity index (χ4v) is 1.77. The Morgan fingerprint density at radius 3 is 2.53 bits per heavy atom. The molecule has 0 aliphatic heterocycles. The van der Waals surface area contributed by atoms with Crippen molar-refractivity contribution in [2.75, 3.05) is 11.6 Å². The Balaban J connectivity index is 3.07. The average molecular weight is 225 g/mol. The van der Waals surface area contributed by atoms with E-state index in [-0.39, 0.29) is 11.5 Å². The van der Waals surface area contributed by atoms with Gasteiger partial charge in [0.1, 0.15) is 0 Å². The molecular weight excluding hydrogens is 214 g/mol. The first-order valence-electron chi connectivity index (χ1n) is 4.23. The molecule has 5 heteroatoms. The maximum atomic E-state index is 10.8. The zero-order valence-electron chi connectivity index (χ0n) is 8.40. The zero-order valence-corrected chi connectivity index (χ0v) is 9.22. The third-order valence-corrected chi connectivity index (χ3v) is 2.53. The minimum absolute atomic E-state index is 0.176. The Morgan fingerprint density at radius 1 is 1.40 bits per heavy atom. The number of anilines is 1. The molecule has 0 spiro atoms. The lowest BCUT2D eigenvalue weighted by Crippen LogP contribution is -2.07. The summed E-state index contributed by atoms with van der Waals surface area (Å²) in [4.78, 5) is 22.2. The Kier molecular flexibility index (Phi) is 3.74. The van der Waals surface area contributed by atoms with Gasteiger partial charge in [-0.2, -0.15) is 0 Å². The molecule has 1 aromatic carbocycles.